The fourth-order valence-electron chi connectivity index (χ4n) is 10.2. The summed E-state index contributed by atoms with van der Waals surface area (Å²) < 4.78 is 15.1. The van der Waals surface area contributed by atoms with Crippen molar-refractivity contribution in [1.82, 2.24) is 0 Å². The molecule has 0 aliphatic heterocycles. The first-order chi connectivity index (χ1) is 16.4. The second-order valence-corrected chi connectivity index (χ2v) is 14.9. The Balaban J connectivity index is 1.72. The first-order valence-corrected chi connectivity index (χ1v) is 13.8. The van der Waals surface area contributed by atoms with E-state index in [4.69, 9.17) is 0 Å². The van der Waals surface area contributed by atoms with Gasteiger partial charge in [0.1, 0.15) is 0 Å². The molecule has 8 atom stereocenters. The van der Waals surface area contributed by atoms with E-state index in [0.29, 0.717) is 19.3 Å². The third-order valence-electron chi connectivity index (χ3n) is 13.0. The van der Waals surface area contributed by atoms with Gasteiger partial charge in [-0.25, -0.2) is 4.39 Å². The van der Waals surface area contributed by atoms with E-state index in [9.17, 15) is 19.5 Å². The van der Waals surface area contributed by atoms with E-state index in [1.165, 1.54) is 6.08 Å². The number of halogens is 1. The first kappa shape index (κ1) is 25.9. The highest BCUT2D eigenvalue weighted by Gasteiger charge is 2.72. The van der Waals surface area contributed by atoms with E-state index in [-0.39, 0.29) is 40.3 Å². The van der Waals surface area contributed by atoms with Gasteiger partial charge in [0.15, 0.2) is 17.4 Å². The Morgan fingerprint density at radius 1 is 0.972 bits per heavy atom. The van der Waals surface area contributed by atoms with Crippen molar-refractivity contribution in [2.75, 3.05) is 0 Å². The summed E-state index contributed by atoms with van der Waals surface area (Å²) in [7, 11) is 0. The summed E-state index contributed by atoms with van der Waals surface area (Å²) in [6, 6.07) is 0. The van der Waals surface area contributed by atoms with Crippen LogP contribution in [-0.4, -0.2) is 22.6 Å². The van der Waals surface area contributed by atoms with Gasteiger partial charge in [0.2, 0.25) is 0 Å². The highest BCUT2D eigenvalue weighted by Crippen LogP contribution is 2.75. The Morgan fingerprint density at radius 3 is 2.19 bits per heavy atom. The molecule has 1 N–H and O–H groups in total. The highest BCUT2D eigenvalue weighted by molar-refractivity contribution is 6.00. The Kier molecular flexibility index (Phi) is 5.17. The summed E-state index contributed by atoms with van der Waals surface area (Å²) in [4.78, 5) is 40.0. The largest absolute Gasteiger partial charge is 0.481 e. The number of carbonyl (C=O) groups excluding carboxylic acids is 2. The molecule has 36 heavy (non-hydrogen) atoms. The SMILES string of the molecule is CC1[C@H]2[C@H]3C(=O)C=C4[C@@]5(C)C=C(F)C(=O)C(C)(C)[C@@H]5CC[C@@]4(C)[C@]3(C)CC[C@@]2(C(=O)O)CCC1(C)C. The van der Waals surface area contributed by atoms with Crippen molar-refractivity contribution in [2.24, 2.45) is 56.2 Å². The van der Waals surface area contributed by atoms with E-state index >= 15 is 4.39 Å². The van der Waals surface area contributed by atoms with E-state index in [1.807, 2.05) is 20.8 Å². The normalized spacial score (nSPS) is 49.0. The van der Waals surface area contributed by atoms with E-state index < -0.39 is 39.2 Å². The number of aliphatic carboxylic acids is 1. The van der Waals surface area contributed by atoms with Gasteiger partial charge in [-0.2, -0.15) is 0 Å². The molecular weight excluding hydrogens is 455 g/mol. The van der Waals surface area contributed by atoms with Crippen molar-refractivity contribution in [1.29, 1.82) is 0 Å². The molecule has 0 radical (unpaired) electrons. The number of Topliss-reactive ketones (excluding diaryl/α,β-unsaturated/α-hetero) is 1. The van der Waals surface area contributed by atoms with Crippen molar-refractivity contribution in [3.8, 4) is 0 Å². The summed E-state index contributed by atoms with van der Waals surface area (Å²) in [5, 5.41) is 10.6. The Labute approximate surface area is 215 Å². The number of carboxylic acids is 1. The van der Waals surface area contributed by atoms with Crippen molar-refractivity contribution >= 4 is 17.5 Å². The zero-order valence-corrected chi connectivity index (χ0v) is 23.3. The second-order valence-electron chi connectivity index (χ2n) is 14.9. The Hall–Kier alpha value is -1.78. The van der Waals surface area contributed by atoms with Crippen molar-refractivity contribution < 1.29 is 23.9 Å². The van der Waals surface area contributed by atoms with Gasteiger partial charge in [0, 0.05) is 16.7 Å². The minimum atomic E-state index is -0.872. The molecule has 1 unspecified atom stereocenters. The molecule has 4 nitrogen and oxygen atoms in total. The van der Waals surface area contributed by atoms with Gasteiger partial charge in [-0.05, 0) is 84.7 Å². The molecule has 0 amide bonds. The number of fused-ring (bicyclic) bond motifs is 7. The van der Waals surface area contributed by atoms with Gasteiger partial charge in [-0.3, -0.25) is 14.4 Å². The van der Waals surface area contributed by atoms with Gasteiger partial charge >= 0.3 is 5.97 Å². The predicted molar refractivity (Wildman–Crippen MR) is 137 cm³/mol. The predicted octanol–water partition coefficient (Wildman–Crippen LogP) is 6.94. The number of carbonyl (C=O) groups is 3. The number of allylic oxidation sites excluding steroid dienone is 4. The number of rotatable bonds is 1. The maximum atomic E-state index is 15.1. The van der Waals surface area contributed by atoms with Crippen LogP contribution in [0.1, 0.15) is 93.9 Å². The second kappa shape index (κ2) is 7.20. The average Bonchev–Trinajstić information content (AvgIpc) is 2.77. The lowest BCUT2D eigenvalue weighted by atomic mass is 9.33. The molecule has 5 rings (SSSR count). The molecule has 3 saturated carbocycles. The van der Waals surface area contributed by atoms with Crippen LogP contribution in [0, 0.1) is 56.2 Å². The van der Waals surface area contributed by atoms with E-state index in [2.05, 4.69) is 34.6 Å². The standard InChI is InChI=1S/C31H43FO4/c1-17-22-23-19(33)15-21-28(6)16-18(32)24(34)27(4,5)20(28)9-10-29(21,7)30(23,8)12-14-31(22,25(35)36)13-11-26(17,2)3/h15-17,20,22-23H,9-14H2,1-8H3,(H,35,36)/t17?,20-,22-,23+,28-,29+,30+,31-/m0/s1. The summed E-state index contributed by atoms with van der Waals surface area (Å²) >= 11 is 0. The molecule has 198 valence electrons. The van der Waals surface area contributed by atoms with Crippen LogP contribution in [0.15, 0.2) is 23.6 Å². The molecule has 0 aromatic heterocycles. The quantitative estimate of drug-likeness (QED) is 0.425. The first-order valence-electron chi connectivity index (χ1n) is 13.8. The van der Waals surface area contributed by atoms with Crippen LogP contribution in [0.5, 0.6) is 0 Å². The minimum Gasteiger partial charge on any atom is -0.481 e. The molecule has 5 aliphatic rings. The molecule has 3 fully saturated rings. The molecule has 0 aromatic carbocycles. The van der Waals surface area contributed by atoms with Crippen LogP contribution in [0.25, 0.3) is 0 Å². The summed E-state index contributed by atoms with van der Waals surface area (Å²) in [5.41, 5.74) is -2.34. The zero-order valence-electron chi connectivity index (χ0n) is 23.3. The molecule has 5 aliphatic carbocycles. The molecule has 0 spiro atoms. The lowest BCUT2D eigenvalue weighted by Gasteiger charge is -2.69. The van der Waals surface area contributed by atoms with Crippen LogP contribution < -0.4 is 0 Å². The number of ketones is 2. The van der Waals surface area contributed by atoms with Crippen LogP contribution in [0.3, 0.4) is 0 Å². The Bertz CT molecular complexity index is 1130. The molecular formula is C31H43FO4. The lowest BCUT2D eigenvalue weighted by Crippen LogP contribution is -2.67. The van der Waals surface area contributed by atoms with Crippen molar-refractivity contribution in [2.45, 2.75) is 93.9 Å². The fraction of sp³-hybridized carbons (Fsp3) is 0.774. The van der Waals surface area contributed by atoms with Crippen LogP contribution >= 0.6 is 0 Å². The zero-order chi connectivity index (χ0) is 26.9. The average molecular weight is 499 g/mol. The van der Waals surface area contributed by atoms with Gasteiger partial charge in [0.25, 0.3) is 0 Å². The van der Waals surface area contributed by atoms with Gasteiger partial charge < -0.3 is 5.11 Å². The summed E-state index contributed by atoms with van der Waals surface area (Å²) in [6.45, 7) is 16.7. The summed E-state index contributed by atoms with van der Waals surface area (Å²) in [5.74, 6) is -2.49. The maximum absolute atomic E-state index is 15.1. The Morgan fingerprint density at radius 2 is 1.58 bits per heavy atom. The van der Waals surface area contributed by atoms with E-state index in [1.54, 1.807) is 6.08 Å². The van der Waals surface area contributed by atoms with Crippen LogP contribution in [0.2, 0.25) is 0 Å². The van der Waals surface area contributed by atoms with Crippen LogP contribution in [0.4, 0.5) is 4.39 Å². The molecule has 0 saturated heterocycles. The van der Waals surface area contributed by atoms with Crippen molar-refractivity contribution in [3.63, 3.8) is 0 Å². The van der Waals surface area contributed by atoms with Gasteiger partial charge in [0.05, 0.1) is 5.41 Å². The third kappa shape index (κ3) is 2.78. The third-order valence-corrected chi connectivity index (χ3v) is 13.0. The van der Waals surface area contributed by atoms with Gasteiger partial charge in [-0.15, -0.1) is 0 Å². The van der Waals surface area contributed by atoms with Crippen LogP contribution in [-0.2, 0) is 14.4 Å². The minimum absolute atomic E-state index is 0.00948. The molecule has 0 heterocycles. The molecule has 5 heteroatoms. The molecule has 0 aromatic rings. The van der Waals surface area contributed by atoms with Crippen molar-refractivity contribution in [3.05, 3.63) is 23.6 Å². The lowest BCUT2D eigenvalue weighted by molar-refractivity contribution is -0.199. The van der Waals surface area contributed by atoms with Gasteiger partial charge in [-0.1, -0.05) is 61.0 Å². The fourth-order valence-corrected chi connectivity index (χ4v) is 10.2. The number of hydrogen-bond acceptors (Lipinski definition) is 3. The monoisotopic (exact) mass is 498 g/mol. The summed E-state index contributed by atoms with van der Waals surface area (Å²) in [6.07, 6.45) is 7.58. The van der Waals surface area contributed by atoms with E-state index in [0.717, 1.165) is 24.8 Å². The topological polar surface area (TPSA) is 71.4 Å². The number of hydrogen-bond donors (Lipinski definition) is 1. The smallest absolute Gasteiger partial charge is 0.309 e. The maximum Gasteiger partial charge on any atom is 0.309 e. The highest BCUT2D eigenvalue weighted by atomic mass is 19.1. The molecule has 0 bridgehead atoms. The number of carboxylic acid groups (broad SMARTS) is 1.